The van der Waals surface area contributed by atoms with Crippen LogP contribution in [0.5, 0.6) is 0 Å². The van der Waals surface area contributed by atoms with Gasteiger partial charge in [-0.05, 0) is 38.4 Å². The van der Waals surface area contributed by atoms with Crippen LogP contribution < -0.4 is 10.6 Å². The molecule has 6 heteroatoms. The zero-order valence-corrected chi connectivity index (χ0v) is 11.4. The van der Waals surface area contributed by atoms with Crippen molar-refractivity contribution in [2.75, 3.05) is 6.54 Å². The van der Waals surface area contributed by atoms with Gasteiger partial charge >= 0.3 is 0 Å². The van der Waals surface area contributed by atoms with E-state index in [1.165, 1.54) is 6.07 Å². The van der Waals surface area contributed by atoms with Crippen molar-refractivity contribution in [2.45, 2.75) is 31.8 Å². The third-order valence-corrected chi connectivity index (χ3v) is 3.27. The first-order valence-electron chi connectivity index (χ1n) is 6.08. The van der Waals surface area contributed by atoms with E-state index in [0.717, 1.165) is 31.5 Å². The van der Waals surface area contributed by atoms with Crippen molar-refractivity contribution < 1.29 is 13.6 Å². The topological polar surface area (TPSA) is 41.1 Å². The van der Waals surface area contributed by atoms with Gasteiger partial charge < -0.3 is 10.6 Å². The summed E-state index contributed by atoms with van der Waals surface area (Å²) in [5.41, 5.74) is -0.504. The lowest BCUT2D eigenvalue weighted by Crippen LogP contribution is -2.52. The van der Waals surface area contributed by atoms with Crippen molar-refractivity contribution in [3.63, 3.8) is 0 Å². The Morgan fingerprint density at radius 1 is 1.37 bits per heavy atom. The van der Waals surface area contributed by atoms with E-state index < -0.39 is 23.1 Å². The minimum Gasteiger partial charge on any atom is -0.348 e. The van der Waals surface area contributed by atoms with E-state index in [2.05, 4.69) is 10.6 Å². The second-order valence-electron chi connectivity index (χ2n) is 4.56. The Morgan fingerprint density at radius 2 is 2.00 bits per heavy atom. The van der Waals surface area contributed by atoms with Crippen LogP contribution in [0.4, 0.5) is 8.78 Å². The van der Waals surface area contributed by atoms with Crippen molar-refractivity contribution in [3.05, 3.63) is 35.4 Å². The normalized spacial score (nSPS) is 22.5. The zero-order chi connectivity index (χ0) is 13.1. The van der Waals surface area contributed by atoms with Gasteiger partial charge in [-0.15, -0.1) is 12.4 Å². The van der Waals surface area contributed by atoms with Gasteiger partial charge in [0.1, 0.15) is 17.2 Å². The predicted molar refractivity (Wildman–Crippen MR) is 71.6 cm³/mol. The van der Waals surface area contributed by atoms with Crippen molar-refractivity contribution in [2.24, 2.45) is 0 Å². The molecule has 2 N–H and O–H groups in total. The molecule has 1 heterocycles. The standard InChI is InChI=1S/C13H16F2N2O.ClH/c1-8-11(6-3-7-16-8)17-13(18)12-9(14)4-2-5-10(12)15;/h2,4-5,8,11,16H,3,6-7H2,1H3,(H,17,18);1H. The van der Waals surface area contributed by atoms with E-state index in [9.17, 15) is 13.6 Å². The fourth-order valence-corrected chi connectivity index (χ4v) is 2.20. The molecule has 0 bridgehead atoms. The molecule has 1 aromatic rings. The van der Waals surface area contributed by atoms with Crippen molar-refractivity contribution in [1.82, 2.24) is 10.6 Å². The summed E-state index contributed by atoms with van der Waals surface area (Å²) in [6, 6.07) is 3.43. The van der Waals surface area contributed by atoms with Gasteiger partial charge in [0.15, 0.2) is 0 Å². The molecule has 1 aromatic carbocycles. The fraction of sp³-hybridized carbons (Fsp3) is 0.462. The van der Waals surface area contributed by atoms with Crippen LogP contribution in [-0.2, 0) is 0 Å². The second-order valence-corrected chi connectivity index (χ2v) is 4.56. The summed E-state index contributed by atoms with van der Waals surface area (Å²) < 4.78 is 26.9. The van der Waals surface area contributed by atoms with Crippen LogP contribution in [0.3, 0.4) is 0 Å². The van der Waals surface area contributed by atoms with Crippen LogP contribution in [0, 0.1) is 11.6 Å². The maximum absolute atomic E-state index is 13.4. The fourth-order valence-electron chi connectivity index (χ4n) is 2.20. The Balaban J connectivity index is 0.00000180. The molecule has 0 saturated carbocycles. The quantitative estimate of drug-likeness (QED) is 0.877. The Hall–Kier alpha value is -1.20. The summed E-state index contributed by atoms with van der Waals surface area (Å²) in [5.74, 6) is -2.35. The highest BCUT2D eigenvalue weighted by Crippen LogP contribution is 2.14. The molecular formula is C13H17ClF2N2O. The van der Waals surface area contributed by atoms with Gasteiger partial charge in [0.25, 0.3) is 5.91 Å². The minimum absolute atomic E-state index is 0. The molecule has 2 rings (SSSR count). The monoisotopic (exact) mass is 290 g/mol. The number of halogens is 3. The summed E-state index contributed by atoms with van der Waals surface area (Å²) in [6.45, 7) is 2.85. The molecule has 3 nitrogen and oxygen atoms in total. The van der Waals surface area contributed by atoms with E-state index in [1.54, 1.807) is 0 Å². The van der Waals surface area contributed by atoms with E-state index in [4.69, 9.17) is 0 Å². The highest BCUT2D eigenvalue weighted by molar-refractivity contribution is 5.95. The highest BCUT2D eigenvalue weighted by atomic mass is 35.5. The SMILES string of the molecule is CC1NCCCC1NC(=O)c1c(F)cccc1F.Cl. The molecule has 0 aliphatic carbocycles. The van der Waals surface area contributed by atoms with Gasteiger partial charge in [0.2, 0.25) is 0 Å². The lowest BCUT2D eigenvalue weighted by Gasteiger charge is -2.30. The molecule has 0 aromatic heterocycles. The van der Waals surface area contributed by atoms with Gasteiger partial charge in [-0.25, -0.2) is 8.78 Å². The number of hydrogen-bond acceptors (Lipinski definition) is 2. The van der Waals surface area contributed by atoms with E-state index in [1.807, 2.05) is 6.92 Å². The van der Waals surface area contributed by atoms with Crippen LogP contribution >= 0.6 is 12.4 Å². The zero-order valence-electron chi connectivity index (χ0n) is 10.6. The smallest absolute Gasteiger partial charge is 0.257 e. The van der Waals surface area contributed by atoms with Gasteiger partial charge in [-0.3, -0.25) is 4.79 Å². The van der Waals surface area contributed by atoms with Crippen LogP contribution in [0.15, 0.2) is 18.2 Å². The number of amides is 1. The summed E-state index contributed by atoms with van der Waals surface area (Å²) in [6.07, 6.45) is 1.75. The van der Waals surface area contributed by atoms with Crippen LogP contribution in [0.1, 0.15) is 30.1 Å². The molecule has 1 aliphatic heterocycles. The molecular weight excluding hydrogens is 274 g/mol. The lowest BCUT2D eigenvalue weighted by atomic mass is 9.99. The van der Waals surface area contributed by atoms with Crippen molar-refractivity contribution in [1.29, 1.82) is 0 Å². The number of carbonyl (C=O) groups excluding carboxylic acids is 1. The summed E-state index contributed by atoms with van der Waals surface area (Å²) in [5, 5.41) is 5.90. The molecule has 1 aliphatic rings. The summed E-state index contributed by atoms with van der Waals surface area (Å²) in [4.78, 5) is 11.9. The average Bonchev–Trinajstić information content (AvgIpc) is 2.32. The molecule has 1 saturated heterocycles. The molecule has 1 fully saturated rings. The first-order valence-corrected chi connectivity index (χ1v) is 6.08. The number of carbonyl (C=O) groups is 1. The Bertz CT molecular complexity index is 436. The first kappa shape index (κ1) is 15.9. The van der Waals surface area contributed by atoms with Gasteiger partial charge in [0.05, 0.1) is 0 Å². The van der Waals surface area contributed by atoms with Crippen LogP contribution in [-0.4, -0.2) is 24.5 Å². The molecule has 106 valence electrons. The molecule has 0 radical (unpaired) electrons. The maximum Gasteiger partial charge on any atom is 0.257 e. The largest absolute Gasteiger partial charge is 0.348 e. The third kappa shape index (κ3) is 3.64. The molecule has 0 spiro atoms. The number of benzene rings is 1. The van der Waals surface area contributed by atoms with Crippen molar-refractivity contribution in [3.8, 4) is 0 Å². The average molecular weight is 291 g/mol. The Morgan fingerprint density at radius 3 is 2.58 bits per heavy atom. The van der Waals surface area contributed by atoms with Crippen molar-refractivity contribution >= 4 is 18.3 Å². The first-order chi connectivity index (χ1) is 8.59. The van der Waals surface area contributed by atoms with Crippen LogP contribution in [0.2, 0.25) is 0 Å². The predicted octanol–water partition coefficient (Wildman–Crippen LogP) is 2.26. The van der Waals surface area contributed by atoms with E-state index in [-0.39, 0.29) is 24.5 Å². The van der Waals surface area contributed by atoms with Gasteiger partial charge in [0, 0.05) is 12.1 Å². The lowest BCUT2D eigenvalue weighted by molar-refractivity contribution is 0.0911. The number of nitrogens with one attached hydrogen (secondary N) is 2. The molecule has 2 atom stereocenters. The Labute approximate surface area is 117 Å². The summed E-state index contributed by atoms with van der Waals surface area (Å²) in [7, 11) is 0. The summed E-state index contributed by atoms with van der Waals surface area (Å²) >= 11 is 0. The maximum atomic E-state index is 13.4. The minimum atomic E-state index is -0.830. The number of hydrogen-bond donors (Lipinski definition) is 2. The van der Waals surface area contributed by atoms with E-state index in [0.29, 0.717) is 0 Å². The third-order valence-electron chi connectivity index (χ3n) is 3.27. The molecule has 19 heavy (non-hydrogen) atoms. The second kappa shape index (κ2) is 6.82. The number of piperidine rings is 1. The van der Waals surface area contributed by atoms with Gasteiger partial charge in [-0.1, -0.05) is 6.07 Å². The van der Waals surface area contributed by atoms with Crippen LogP contribution in [0.25, 0.3) is 0 Å². The van der Waals surface area contributed by atoms with Gasteiger partial charge in [-0.2, -0.15) is 0 Å². The Kier molecular flexibility index (Phi) is 5.69. The number of rotatable bonds is 2. The molecule has 2 unspecified atom stereocenters. The highest BCUT2D eigenvalue weighted by Gasteiger charge is 2.25. The molecule has 1 amide bonds. The van der Waals surface area contributed by atoms with E-state index >= 15 is 0 Å².